The van der Waals surface area contributed by atoms with Crippen LogP contribution < -0.4 is 5.32 Å². The minimum Gasteiger partial charge on any atom is -0.479 e. The topological polar surface area (TPSA) is 116 Å². The molecule has 1 amide bonds. The Balaban J connectivity index is 2.20. The number of aliphatic hydroxyl groups excluding tert-OH is 2. The van der Waals surface area contributed by atoms with Gasteiger partial charge in [-0.25, -0.2) is 4.79 Å². The summed E-state index contributed by atoms with van der Waals surface area (Å²) in [6.07, 6.45) is -3.66. The predicted molar refractivity (Wildman–Crippen MR) is 109 cm³/mol. The van der Waals surface area contributed by atoms with Crippen LogP contribution in [0.2, 0.25) is 10.0 Å². The fourth-order valence-electron chi connectivity index (χ4n) is 2.81. The Labute approximate surface area is 177 Å². The van der Waals surface area contributed by atoms with E-state index >= 15 is 0 Å². The molecular weight excluding hydrogens is 421 g/mol. The number of amides is 1. The summed E-state index contributed by atoms with van der Waals surface area (Å²) in [6, 6.07) is 11.3. The Morgan fingerprint density at radius 2 is 1.62 bits per heavy atom. The summed E-state index contributed by atoms with van der Waals surface area (Å²) < 4.78 is 4.73. The summed E-state index contributed by atoms with van der Waals surface area (Å²) in [4.78, 5) is 22.8. The van der Waals surface area contributed by atoms with E-state index in [-0.39, 0.29) is 13.0 Å². The van der Waals surface area contributed by atoms with Crippen molar-refractivity contribution in [2.75, 3.05) is 13.7 Å². The van der Waals surface area contributed by atoms with Crippen LogP contribution in [0.25, 0.3) is 11.1 Å². The summed E-state index contributed by atoms with van der Waals surface area (Å²) in [5.74, 6) is -2.13. The number of methoxy groups -OCH3 is 1. The van der Waals surface area contributed by atoms with E-state index in [4.69, 9.17) is 33.0 Å². The summed E-state index contributed by atoms with van der Waals surface area (Å²) in [5, 5.41) is 32.3. The molecule has 4 N–H and O–H groups in total. The van der Waals surface area contributed by atoms with Crippen molar-refractivity contribution in [1.82, 2.24) is 5.32 Å². The number of carbonyl (C=O) groups excluding carboxylic acids is 1. The highest BCUT2D eigenvalue weighted by molar-refractivity contribution is 6.35. The minimum absolute atomic E-state index is 0.0948. The van der Waals surface area contributed by atoms with Gasteiger partial charge in [-0.1, -0.05) is 47.5 Å². The first kappa shape index (κ1) is 23.1. The fourth-order valence-corrected chi connectivity index (χ4v) is 3.34. The van der Waals surface area contributed by atoms with E-state index in [2.05, 4.69) is 5.32 Å². The first-order valence-electron chi connectivity index (χ1n) is 8.64. The van der Waals surface area contributed by atoms with Crippen molar-refractivity contribution in [3.8, 4) is 11.1 Å². The monoisotopic (exact) mass is 441 g/mol. The standard InChI is InChI=1S/C20H21Cl2NO6/c1-29-10-17(24)23-16(18(25)19(26)20(27)28)6-11-2-4-12(5-3-11)13-7-14(21)9-15(22)8-13/h2-5,7-9,16,18-19,25-26H,6,10H2,1H3,(H,23,24)(H,27,28). The molecule has 2 aromatic rings. The lowest BCUT2D eigenvalue weighted by Gasteiger charge is -2.26. The number of halogens is 2. The van der Waals surface area contributed by atoms with Crippen LogP contribution >= 0.6 is 23.2 Å². The SMILES string of the molecule is COCC(=O)NC(Cc1ccc(-c2cc(Cl)cc(Cl)c2)cc1)C(O)C(O)C(=O)O. The third-order valence-electron chi connectivity index (χ3n) is 4.22. The Morgan fingerprint density at radius 1 is 1.03 bits per heavy atom. The van der Waals surface area contributed by atoms with Gasteiger partial charge in [0.05, 0.1) is 6.04 Å². The van der Waals surface area contributed by atoms with E-state index in [9.17, 15) is 19.8 Å². The molecule has 0 aliphatic heterocycles. The second-order valence-corrected chi connectivity index (χ2v) is 7.31. The second kappa shape index (κ2) is 10.6. The molecular formula is C20H21Cl2NO6. The maximum atomic E-state index is 11.8. The zero-order valence-electron chi connectivity index (χ0n) is 15.5. The van der Waals surface area contributed by atoms with Crippen molar-refractivity contribution in [3.63, 3.8) is 0 Å². The number of rotatable bonds is 9. The van der Waals surface area contributed by atoms with Crippen LogP contribution in [0.1, 0.15) is 5.56 Å². The second-order valence-electron chi connectivity index (χ2n) is 6.44. The lowest BCUT2D eigenvalue weighted by molar-refractivity contribution is -0.154. The summed E-state index contributed by atoms with van der Waals surface area (Å²) in [6.45, 7) is -0.263. The normalized spacial score (nSPS) is 14.1. The molecule has 0 fully saturated rings. The maximum absolute atomic E-state index is 11.8. The number of carboxylic acids is 1. The fraction of sp³-hybridized carbons (Fsp3) is 0.300. The molecule has 156 valence electrons. The van der Waals surface area contributed by atoms with Gasteiger partial charge < -0.3 is 25.4 Å². The maximum Gasteiger partial charge on any atom is 0.335 e. The molecule has 3 atom stereocenters. The van der Waals surface area contributed by atoms with Gasteiger partial charge in [-0.05, 0) is 41.3 Å². The number of aliphatic hydroxyl groups is 2. The molecule has 0 saturated carbocycles. The summed E-state index contributed by atoms with van der Waals surface area (Å²) in [7, 11) is 1.33. The molecule has 0 spiro atoms. The van der Waals surface area contributed by atoms with Gasteiger partial charge in [-0.3, -0.25) is 4.79 Å². The van der Waals surface area contributed by atoms with Gasteiger partial charge in [0.2, 0.25) is 5.91 Å². The van der Waals surface area contributed by atoms with Gasteiger partial charge >= 0.3 is 5.97 Å². The van der Waals surface area contributed by atoms with Crippen molar-refractivity contribution < 1.29 is 29.6 Å². The van der Waals surface area contributed by atoms with E-state index in [1.165, 1.54) is 7.11 Å². The van der Waals surface area contributed by atoms with Gasteiger partial charge in [0.25, 0.3) is 0 Å². The Hall–Kier alpha value is -2.16. The zero-order chi connectivity index (χ0) is 21.6. The number of nitrogens with one attached hydrogen (secondary N) is 1. The van der Waals surface area contributed by atoms with Crippen LogP contribution in [-0.4, -0.2) is 59.2 Å². The van der Waals surface area contributed by atoms with Gasteiger partial charge in [0, 0.05) is 17.2 Å². The van der Waals surface area contributed by atoms with E-state index in [0.717, 1.165) is 11.1 Å². The van der Waals surface area contributed by atoms with Crippen LogP contribution in [0.3, 0.4) is 0 Å². The Bertz CT molecular complexity index is 838. The molecule has 0 heterocycles. The van der Waals surface area contributed by atoms with Crippen molar-refractivity contribution in [2.45, 2.75) is 24.7 Å². The van der Waals surface area contributed by atoms with E-state index < -0.39 is 30.1 Å². The van der Waals surface area contributed by atoms with E-state index in [0.29, 0.717) is 15.6 Å². The highest BCUT2D eigenvalue weighted by Crippen LogP contribution is 2.27. The van der Waals surface area contributed by atoms with Gasteiger partial charge in [-0.15, -0.1) is 0 Å². The number of benzene rings is 2. The van der Waals surface area contributed by atoms with Crippen LogP contribution in [0, 0.1) is 0 Å². The van der Waals surface area contributed by atoms with Crippen LogP contribution in [-0.2, 0) is 20.7 Å². The van der Waals surface area contributed by atoms with Crippen LogP contribution in [0.5, 0.6) is 0 Å². The van der Waals surface area contributed by atoms with Gasteiger partial charge in [0.15, 0.2) is 6.10 Å². The summed E-state index contributed by atoms with van der Waals surface area (Å²) in [5.41, 5.74) is 2.38. The molecule has 29 heavy (non-hydrogen) atoms. The molecule has 0 aliphatic carbocycles. The van der Waals surface area contributed by atoms with Crippen LogP contribution in [0.15, 0.2) is 42.5 Å². The number of hydrogen-bond donors (Lipinski definition) is 4. The third-order valence-corrected chi connectivity index (χ3v) is 4.65. The molecule has 3 unspecified atom stereocenters. The molecule has 0 aliphatic rings. The average molecular weight is 442 g/mol. The molecule has 0 radical (unpaired) electrons. The number of hydrogen-bond acceptors (Lipinski definition) is 5. The molecule has 9 heteroatoms. The molecule has 0 bridgehead atoms. The molecule has 0 aromatic heterocycles. The molecule has 2 rings (SSSR count). The quantitative estimate of drug-likeness (QED) is 0.473. The highest BCUT2D eigenvalue weighted by atomic mass is 35.5. The van der Waals surface area contributed by atoms with E-state index in [1.807, 2.05) is 12.1 Å². The first-order chi connectivity index (χ1) is 13.7. The molecule has 2 aromatic carbocycles. The van der Waals surface area contributed by atoms with Gasteiger partial charge in [-0.2, -0.15) is 0 Å². The largest absolute Gasteiger partial charge is 0.479 e. The summed E-state index contributed by atoms with van der Waals surface area (Å²) >= 11 is 12.1. The van der Waals surface area contributed by atoms with Crippen molar-refractivity contribution >= 4 is 35.1 Å². The highest BCUT2D eigenvalue weighted by Gasteiger charge is 2.32. The smallest absolute Gasteiger partial charge is 0.335 e. The number of carboxylic acid groups (broad SMARTS) is 1. The molecule has 7 nitrogen and oxygen atoms in total. The first-order valence-corrected chi connectivity index (χ1v) is 9.39. The van der Waals surface area contributed by atoms with Crippen molar-refractivity contribution in [3.05, 3.63) is 58.1 Å². The lowest BCUT2D eigenvalue weighted by atomic mass is 9.96. The van der Waals surface area contributed by atoms with Crippen molar-refractivity contribution in [1.29, 1.82) is 0 Å². The van der Waals surface area contributed by atoms with Crippen LogP contribution in [0.4, 0.5) is 0 Å². The van der Waals surface area contributed by atoms with Crippen molar-refractivity contribution in [2.24, 2.45) is 0 Å². The number of ether oxygens (including phenoxy) is 1. The third kappa shape index (κ3) is 6.69. The van der Waals surface area contributed by atoms with E-state index in [1.54, 1.807) is 30.3 Å². The number of aliphatic carboxylic acids is 1. The zero-order valence-corrected chi connectivity index (χ0v) is 17.0. The Kier molecular flexibility index (Phi) is 8.43. The minimum atomic E-state index is -2.05. The molecule has 0 saturated heterocycles. The average Bonchev–Trinajstić information content (AvgIpc) is 2.66. The predicted octanol–water partition coefficient (Wildman–Crippen LogP) is 2.14. The van der Waals surface area contributed by atoms with Gasteiger partial charge in [0.1, 0.15) is 12.7 Å². The lowest BCUT2D eigenvalue weighted by Crippen LogP contribution is -2.52. The number of carbonyl (C=O) groups is 2. The Morgan fingerprint density at radius 3 is 2.14 bits per heavy atom.